The van der Waals surface area contributed by atoms with Crippen LogP contribution in [0.5, 0.6) is 0 Å². The van der Waals surface area contributed by atoms with Gasteiger partial charge >= 0.3 is 0 Å². The van der Waals surface area contributed by atoms with E-state index < -0.39 is 0 Å². The molecule has 88 valence electrons. The van der Waals surface area contributed by atoms with Crippen LogP contribution in [-0.2, 0) is 9.47 Å². The van der Waals surface area contributed by atoms with Gasteiger partial charge in [0.2, 0.25) is 0 Å². The first-order valence-electron chi connectivity index (χ1n) is 6.20. The Bertz CT molecular complexity index is 220. The summed E-state index contributed by atoms with van der Waals surface area (Å²) in [6.07, 6.45) is 4.93. The van der Waals surface area contributed by atoms with Crippen LogP contribution in [0.25, 0.3) is 0 Å². The molecule has 1 heterocycles. The maximum atomic E-state index is 6.07. The first-order chi connectivity index (χ1) is 7.18. The van der Waals surface area contributed by atoms with Crippen molar-refractivity contribution in [1.82, 2.24) is 0 Å². The summed E-state index contributed by atoms with van der Waals surface area (Å²) in [5, 5.41) is 0. The maximum absolute atomic E-state index is 6.07. The Morgan fingerprint density at radius 3 is 2.80 bits per heavy atom. The molecule has 1 aliphatic heterocycles. The summed E-state index contributed by atoms with van der Waals surface area (Å²) in [6.45, 7) is 5.78. The molecule has 0 amide bonds. The van der Waals surface area contributed by atoms with Crippen molar-refractivity contribution in [2.75, 3.05) is 13.2 Å². The van der Waals surface area contributed by atoms with Gasteiger partial charge in [-0.15, -0.1) is 0 Å². The lowest BCUT2D eigenvalue weighted by Crippen LogP contribution is -2.45. The van der Waals surface area contributed by atoms with E-state index in [-0.39, 0.29) is 11.9 Å². The average molecular weight is 213 g/mol. The molecule has 0 aromatic rings. The monoisotopic (exact) mass is 213 g/mol. The van der Waals surface area contributed by atoms with Crippen LogP contribution in [0, 0.1) is 11.8 Å². The Morgan fingerprint density at radius 1 is 1.40 bits per heavy atom. The van der Waals surface area contributed by atoms with Crippen molar-refractivity contribution < 1.29 is 9.47 Å². The molecule has 3 atom stereocenters. The quantitative estimate of drug-likeness (QED) is 0.762. The van der Waals surface area contributed by atoms with Gasteiger partial charge in [0.05, 0.1) is 12.7 Å². The summed E-state index contributed by atoms with van der Waals surface area (Å²) in [6, 6.07) is 0. The lowest BCUT2D eigenvalue weighted by atomic mass is 9.76. The van der Waals surface area contributed by atoms with Gasteiger partial charge in [0.15, 0.2) is 5.79 Å². The average Bonchev–Trinajstić information content (AvgIpc) is 2.62. The summed E-state index contributed by atoms with van der Waals surface area (Å²) in [5.74, 6) is 0.876. The molecule has 0 aromatic heterocycles. The highest BCUT2D eigenvalue weighted by Gasteiger charge is 2.49. The Hall–Kier alpha value is -0.120. The minimum atomic E-state index is -0.295. The summed E-state index contributed by atoms with van der Waals surface area (Å²) in [7, 11) is 0. The van der Waals surface area contributed by atoms with E-state index in [4.69, 9.17) is 15.2 Å². The van der Waals surface area contributed by atoms with Crippen molar-refractivity contribution in [2.24, 2.45) is 17.6 Å². The lowest BCUT2D eigenvalue weighted by Gasteiger charge is -2.41. The van der Waals surface area contributed by atoms with E-state index in [1.807, 2.05) is 0 Å². The Labute approximate surface area is 92.3 Å². The van der Waals surface area contributed by atoms with Gasteiger partial charge in [-0.3, -0.25) is 0 Å². The molecule has 15 heavy (non-hydrogen) atoms. The van der Waals surface area contributed by atoms with Crippen molar-refractivity contribution >= 4 is 0 Å². The molecule has 0 radical (unpaired) electrons. The second-order valence-electron chi connectivity index (χ2n) is 5.19. The smallest absolute Gasteiger partial charge is 0.171 e. The molecule has 0 bridgehead atoms. The number of hydrogen-bond donors (Lipinski definition) is 1. The molecule has 1 aliphatic carbocycles. The summed E-state index contributed by atoms with van der Waals surface area (Å²) in [4.78, 5) is 0. The SMILES string of the molecule is CC(C)C1CCCCC12OCC(CN)O2. The second-order valence-corrected chi connectivity index (χ2v) is 5.19. The zero-order valence-electron chi connectivity index (χ0n) is 9.87. The van der Waals surface area contributed by atoms with Crippen LogP contribution >= 0.6 is 0 Å². The van der Waals surface area contributed by atoms with E-state index in [1.54, 1.807) is 0 Å². The molecule has 2 rings (SSSR count). The third-order valence-corrected chi connectivity index (χ3v) is 3.80. The fourth-order valence-corrected chi connectivity index (χ4v) is 3.01. The van der Waals surface area contributed by atoms with Crippen molar-refractivity contribution in [1.29, 1.82) is 0 Å². The zero-order valence-corrected chi connectivity index (χ0v) is 9.87. The highest BCUT2D eigenvalue weighted by atomic mass is 16.7. The van der Waals surface area contributed by atoms with Crippen molar-refractivity contribution in [3.8, 4) is 0 Å². The minimum Gasteiger partial charge on any atom is -0.347 e. The molecule has 1 saturated carbocycles. The molecule has 1 spiro atoms. The van der Waals surface area contributed by atoms with Gasteiger partial charge in [-0.1, -0.05) is 20.3 Å². The molecule has 2 fully saturated rings. The van der Waals surface area contributed by atoms with Gasteiger partial charge in [-0.25, -0.2) is 0 Å². The fraction of sp³-hybridized carbons (Fsp3) is 1.00. The number of hydrogen-bond acceptors (Lipinski definition) is 3. The second kappa shape index (κ2) is 4.40. The molecule has 3 nitrogen and oxygen atoms in total. The van der Waals surface area contributed by atoms with Crippen molar-refractivity contribution in [3.05, 3.63) is 0 Å². The highest BCUT2D eigenvalue weighted by Crippen LogP contribution is 2.45. The first-order valence-corrected chi connectivity index (χ1v) is 6.20. The number of nitrogens with two attached hydrogens (primary N) is 1. The van der Waals surface area contributed by atoms with Crippen LogP contribution in [0.15, 0.2) is 0 Å². The van der Waals surface area contributed by atoms with Crippen molar-refractivity contribution in [2.45, 2.75) is 51.4 Å². The predicted octanol–water partition coefficient (Wildman–Crippen LogP) is 1.90. The van der Waals surface area contributed by atoms with Crippen molar-refractivity contribution in [3.63, 3.8) is 0 Å². The van der Waals surface area contributed by atoms with Crippen LogP contribution in [0.1, 0.15) is 39.5 Å². The molecular weight excluding hydrogens is 190 g/mol. The van der Waals surface area contributed by atoms with Gasteiger partial charge in [0.1, 0.15) is 0 Å². The Balaban J connectivity index is 2.10. The molecule has 2 N–H and O–H groups in total. The van der Waals surface area contributed by atoms with E-state index in [2.05, 4.69) is 13.8 Å². The minimum absolute atomic E-state index is 0.115. The van der Waals surface area contributed by atoms with Gasteiger partial charge in [-0.2, -0.15) is 0 Å². The van der Waals surface area contributed by atoms with E-state index in [0.717, 1.165) is 6.42 Å². The van der Waals surface area contributed by atoms with E-state index in [9.17, 15) is 0 Å². The zero-order chi connectivity index (χ0) is 10.9. The molecule has 2 aliphatic rings. The molecule has 3 heteroatoms. The van der Waals surface area contributed by atoms with Crippen LogP contribution in [0.2, 0.25) is 0 Å². The van der Waals surface area contributed by atoms with Gasteiger partial charge in [-0.05, 0) is 18.8 Å². The third kappa shape index (κ3) is 2.05. The lowest BCUT2D eigenvalue weighted by molar-refractivity contribution is -0.229. The maximum Gasteiger partial charge on any atom is 0.171 e. The topological polar surface area (TPSA) is 44.5 Å². The van der Waals surface area contributed by atoms with E-state index in [1.165, 1.54) is 19.3 Å². The third-order valence-electron chi connectivity index (χ3n) is 3.80. The Kier molecular flexibility index (Phi) is 3.33. The van der Waals surface area contributed by atoms with Gasteiger partial charge in [0.25, 0.3) is 0 Å². The highest BCUT2D eigenvalue weighted by molar-refractivity contribution is 4.90. The van der Waals surface area contributed by atoms with E-state index >= 15 is 0 Å². The first kappa shape index (κ1) is 11.4. The van der Waals surface area contributed by atoms with Crippen LogP contribution < -0.4 is 5.73 Å². The predicted molar refractivity (Wildman–Crippen MR) is 59.4 cm³/mol. The normalized spacial score (nSPS) is 41.6. The van der Waals surface area contributed by atoms with Crippen LogP contribution in [0.4, 0.5) is 0 Å². The Morgan fingerprint density at radius 2 is 2.20 bits per heavy atom. The number of ether oxygens (including phenoxy) is 2. The summed E-state index contributed by atoms with van der Waals surface area (Å²) in [5.41, 5.74) is 5.64. The standard InChI is InChI=1S/C12H23NO2/c1-9(2)11-5-3-4-6-12(11)14-8-10(7-13)15-12/h9-11H,3-8,13H2,1-2H3. The largest absolute Gasteiger partial charge is 0.347 e. The van der Waals surface area contributed by atoms with Crippen LogP contribution in [-0.4, -0.2) is 25.0 Å². The molecule has 3 unspecified atom stereocenters. The molecular formula is C12H23NO2. The van der Waals surface area contributed by atoms with Gasteiger partial charge in [0, 0.05) is 18.9 Å². The summed E-state index contributed by atoms with van der Waals surface area (Å²) >= 11 is 0. The fourth-order valence-electron chi connectivity index (χ4n) is 3.01. The molecule has 1 saturated heterocycles. The summed E-state index contributed by atoms with van der Waals surface area (Å²) < 4.78 is 12.0. The molecule has 0 aromatic carbocycles. The van der Waals surface area contributed by atoms with E-state index in [0.29, 0.717) is 25.0 Å². The number of rotatable bonds is 2. The van der Waals surface area contributed by atoms with Gasteiger partial charge < -0.3 is 15.2 Å². The van der Waals surface area contributed by atoms with Crippen LogP contribution in [0.3, 0.4) is 0 Å².